The van der Waals surface area contributed by atoms with Gasteiger partial charge in [0.1, 0.15) is 16.3 Å². The van der Waals surface area contributed by atoms with Crippen LogP contribution in [0.2, 0.25) is 0 Å². The third kappa shape index (κ3) is 6.33. The van der Waals surface area contributed by atoms with E-state index in [-0.39, 0.29) is 24.6 Å². The summed E-state index contributed by atoms with van der Waals surface area (Å²) in [5, 5.41) is 2.96. The number of aromatic nitrogens is 2. The molecule has 2 aromatic carbocycles. The molecule has 0 saturated heterocycles. The van der Waals surface area contributed by atoms with Crippen molar-refractivity contribution in [2.45, 2.75) is 39.8 Å². The average molecular weight is 534 g/mol. The van der Waals surface area contributed by atoms with Crippen molar-refractivity contribution in [1.29, 1.82) is 0 Å². The number of benzene rings is 2. The summed E-state index contributed by atoms with van der Waals surface area (Å²) in [6.45, 7) is 5.08. The molecule has 0 aliphatic rings. The molecule has 0 atom stereocenters. The molecular weight excluding hydrogens is 506 g/mol. The maximum atomic E-state index is 13.2. The lowest BCUT2D eigenvalue weighted by atomic mass is 10.2. The van der Waals surface area contributed by atoms with E-state index in [0.29, 0.717) is 32.9 Å². The fraction of sp³-hybridized carbons (Fsp3) is 0.250. The Morgan fingerprint density at radius 1 is 1.05 bits per heavy atom. The molecule has 1 amide bonds. The van der Waals surface area contributed by atoms with Crippen LogP contribution in [0.5, 0.6) is 0 Å². The molecule has 0 fully saturated rings. The number of hydrogen-bond donors (Lipinski definition) is 1. The summed E-state index contributed by atoms with van der Waals surface area (Å²) in [5.41, 5.74) is 1.78. The van der Waals surface area contributed by atoms with E-state index >= 15 is 0 Å². The van der Waals surface area contributed by atoms with Crippen LogP contribution in [0.3, 0.4) is 0 Å². The molecule has 10 heteroatoms. The maximum Gasteiger partial charge on any atom is 0.348 e. The predicted octanol–water partition coefficient (Wildman–Crippen LogP) is 4.37. The molecule has 2 aromatic heterocycles. The van der Waals surface area contributed by atoms with Crippen LogP contribution in [-0.4, -0.2) is 40.1 Å². The van der Waals surface area contributed by atoms with E-state index in [1.54, 1.807) is 39.0 Å². The number of fused-ring (bicyclic) bond motifs is 1. The maximum absolute atomic E-state index is 13.2. The first-order chi connectivity index (χ1) is 18.2. The van der Waals surface area contributed by atoms with Crippen LogP contribution in [0, 0.1) is 6.92 Å². The highest BCUT2D eigenvalue weighted by atomic mass is 32.1. The largest absolute Gasteiger partial charge is 0.461 e. The first kappa shape index (κ1) is 26.7. The molecule has 0 saturated carbocycles. The van der Waals surface area contributed by atoms with Crippen molar-refractivity contribution < 1.29 is 23.9 Å². The van der Waals surface area contributed by atoms with Crippen molar-refractivity contribution in [2.24, 2.45) is 0 Å². The van der Waals surface area contributed by atoms with Gasteiger partial charge in [-0.3, -0.25) is 14.2 Å². The molecule has 0 aliphatic carbocycles. The number of esters is 2. The van der Waals surface area contributed by atoms with Crippen molar-refractivity contribution in [3.05, 3.63) is 92.8 Å². The Hall–Kier alpha value is -4.31. The second-order valence-electron chi connectivity index (χ2n) is 8.87. The van der Waals surface area contributed by atoms with Gasteiger partial charge in [-0.2, -0.15) is 0 Å². The summed E-state index contributed by atoms with van der Waals surface area (Å²) in [4.78, 5) is 55.7. The van der Waals surface area contributed by atoms with Gasteiger partial charge in [-0.05, 0) is 50.1 Å². The van der Waals surface area contributed by atoms with Gasteiger partial charge < -0.3 is 14.8 Å². The van der Waals surface area contributed by atoms with Gasteiger partial charge in [0.2, 0.25) is 5.91 Å². The van der Waals surface area contributed by atoms with Gasteiger partial charge in [0.05, 0.1) is 30.0 Å². The minimum Gasteiger partial charge on any atom is -0.461 e. The molecule has 0 aliphatic heterocycles. The molecule has 0 radical (unpaired) electrons. The third-order valence-electron chi connectivity index (χ3n) is 5.61. The predicted molar refractivity (Wildman–Crippen MR) is 145 cm³/mol. The number of aryl methyl sites for hydroxylation is 1. The van der Waals surface area contributed by atoms with Crippen molar-refractivity contribution in [3.63, 3.8) is 0 Å². The highest BCUT2D eigenvalue weighted by Gasteiger charge is 2.21. The fourth-order valence-electron chi connectivity index (χ4n) is 3.80. The van der Waals surface area contributed by atoms with E-state index in [9.17, 15) is 19.2 Å². The molecule has 0 bridgehead atoms. The first-order valence-corrected chi connectivity index (χ1v) is 12.8. The smallest absolute Gasteiger partial charge is 0.348 e. The number of nitrogens with one attached hydrogen (secondary N) is 1. The average Bonchev–Trinajstić information content (AvgIpc) is 3.23. The summed E-state index contributed by atoms with van der Waals surface area (Å²) in [6, 6.07) is 16.0. The minimum absolute atomic E-state index is 0.213. The summed E-state index contributed by atoms with van der Waals surface area (Å²) in [6.07, 6.45) is 1.59. The topological polar surface area (TPSA) is 117 Å². The highest BCUT2D eigenvalue weighted by molar-refractivity contribution is 7.20. The van der Waals surface area contributed by atoms with Gasteiger partial charge in [-0.15, -0.1) is 11.3 Å². The van der Waals surface area contributed by atoms with E-state index in [1.165, 1.54) is 17.0 Å². The van der Waals surface area contributed by atoms with Crippen molar-refractivity contribution in [1.82, 2.24) is 9.55 Å². The number of hydrogen-bond acceptors (Lipinski definition) is 8. The molecule has 4 rings (SSSR count). The van der Waals surface area contributed by atoms with Crippen LogP contribution in [0.4, 0.5) is 5.69 Å². The van der Waals surface area contributed by atoms with Crippen molar-refractivity contribution >= 4 is 45.1 Å². The molecule has 1 N–H and O–H groups in total. The Labute approximate surface area is 223 Å². The number of anilines is 1. The van der Waals surface area contributed by atoms with E-state index in [4.69, 9.17) is 9.47 Å². The van der Waals surface area contributed by atoms with Crippen LogP contribution in [-0.2, 0) is 27.2 Å². The zero-order valence-electron chi connectivity index (χ0n) is 21.2. The number of rotatable bonds is 9. The number of nitrogens with zero attached hydrogens (tertiary/aromatic N) is 2. The van der Waals surface area contributed by atoms with Crippen LogP contribution >= 0.6 is 11.3 Å². The molecule has 2 heterocycles. The van der Waals surface area contributed by atoms with E-state index in [0.717, 1.165) is 16.9 Å². The van der Waals surface area contributed by atoms with E-state index in [1.807, 2.05) is 30.3 Å². The Morgan fingerprint density at radius 2 is 1.82 bits per heavy atom. The standard InChI is InChI=1S/C28H27N3O6S/c1-17(2)37-27(34)20-10-7-11-21(14-20)30-22(32)15-31-16-29-25-23(26(31)33)18(3)24(38-25)28(35)36-13-12-19-8-5-4-6-9-19/h4-11,14,16-17H,12-13,15H2,1-3H3,(H,30,32). The molecule has 9 nitrogen and oxygen atoms in total. The highest BCUT2D eigenvalue weighted by Crippen LogP contribution is 2.27. The molecule has 0 spiro atoms. The van der Waals surface area contributed by atoms with Crippen molar-refractivity contribution in [3.8, 4) is 0 Å². The lowest BCUT2D eigenvalue weighted by Gasteiger charge is -2.10. The zero-order valence-corrected chi connectivity index (χ0v) is 22.0. The van der Waals surface area contributed by atoms with Gasteiger partial charge >= 0.3 is 11.9 Å². The number of thiophene rings is 1. The second kappa shape index (κ2) is 11.8. The van der Waals surface area contributed by atoms with Gasteiger partial charge in [-0.25, -0.2) is 14.6 Å². The van der Waals surface area contributed by atoms with Gasteiger partial charge in [0.15, 0.2) is 0 Å². The Bertz CT molecular complexity index is 1540. The zero-order chi connectivity index (χ0) is 27.2. The summed E-state index contributed by atoms with van der Waals surface area (Å²) in [7, 11) is 0. The first-order valence-electron chi connectivity index (χ1n) is 12.0. The van der Waals surface area contributed by atoms with Gasteiger partial charge in [0, 0.05) is 12.1 Å². The molecule has 38 heavy (non-hydrogen) atoms. The van der Waals surface area contributed by atoms with Crippen LogP contribution < -0.4 is 10.9 Å². The number of carbonyl (C=O) groups excluding carboxylic acids is 3. The third-order valence-corrected chi connectivity index (χ3v) is 6.79. The summed E-state index contributed by atoms with van der Waals surface area (Å²) >= 11 is 1.09. The van der Waals surface area contributed by atoms with Crippen LogP contribution in [0.1, 0.15) is 45.0 Å². The van der Waals surface area contributed by atoms with Gasteiger partial charge in [-0.1, -0.05) is 36.4 Å². The monoisotopic (exact) mass is 533 g/mol. The molecule has 4 aromatic rings. The lowest BCUT2D eigenvalue weighted by molar-refractivity contribution is -0.116. The molecular formula is C28H27N3O6S. The Morgan fingerprint density at radius 3 is 2.55 bits per heavy atom. The SMILES string of the molecule is Cc1c(C(=O)OCCc2ccccc2)sc2ncn(CC(=O)Nc3cccc(C(=O)OC(C)C)c3)c(=O)c12. The van der Waals surface area contributed by atoms with E-state index < -0.39 is 23.4 Å². The summed E-state index contributed by atoms with van der Waals surface area (Å²) < 4.78 is 11.8. The quantitative estimate of drug-likeness (QED) is 0.318. The Balaban J connectivity index is 1.45. The fourth-order valence-corrected chi connectivity index (χ4v) is 4.83. The number of carbonyl (C=O) groups is 3. The number of ether oxygens (including phenoxy) is 2. The van der Waals surface area contributed by atoms with Gasteiger partial charge in [0.25, 0.3) is 5.56 Å². The second-order valence-corrected chi connectivity index (χ2v) is 9.87. The van der Waals surface area contributed by atoms with Crippen LogP contribution in [0.15, 0.2) is 65.7 Å². The van der Waals surface area contributed by atoms with E-state index in [2.05, 4.69) is 10.3 Å². The van der Waals surface area contributed by atoms with Crippen molar-refractivity contribution in [2.75, 3.05) is 11.9 Å². The summed E-state index contributed by atoms with van der Waals surface area (Å²) in [5.74, 6) is -1.48. The van der Waals surface area contributed by atoms with Crippen LogP contribution in [0.25, 0.3) is 10.2 Å². The minimum atomic E-state index is -0.513. The molecule has 196 valence electrons. The number of amides is 1. The molecule has 0 unspecified atom stereocenters. The Kier molecular flexibility index (Phi) is 8.32. The lowest BCUT2D eigenvalue weighted by Crippen LogP contribution is -2.28. The normalized spacial score (nSPS) is 10.9.